The van der Waals surface area contributed by atoms with Gasteiger partial charge in [-0.1, -0.05) is 152 Å². The molecule has 0 bridgehead atoms. The Bertz CT molecular complexity index is 3260. The van der Waals surface area contributed by atoms with Crippen LogP contribution < -0.4 is 0 Å². The van der Waals surface area contributed by atoms with E-state index in [9.17, 15) is 0 Å². The Morgan fingerprint density at radius 3 is 1.64 bits per heavy atom. The summed E-state index contributed by atoms with van der Waals surface area (Å²) < 4.78 is 6.61. The summed E-state index contributed by atoms with van der Waals surface area (Å²) in [5.74, 6) is 1.83. The maximum Gasteiger partial charge on any atom is 0.164 e. The van der Waals surface area contributed by atoms with Crippen LogP contribution in [-0.2, 0) is 0 Å². The van der Waals surface area contributed by atoms with Gasteiger partial charge in [-0.2, -0.15) is 0 Å². The van der Waals surface area contributed by atoms with Crippen LogP contribution in [0.3, 0.4) is 0 Å². The first kappa shape index (κ1) is 31.1. The van der Waals surface area contributed by atoms with Crippen molar-refractivity contribution in [2.75, 3.05) is 0 Å². The van der Waals surface area contributed by atoms with Crippen molar-refractivity contribution in [3.8, 4) is 56.4 Å². The Balaban J connectivity index is 1.18. The third-order valence-electron chi connectivity index (χ3n) is 10.7. The fraction of sp³-hybridized carbons (Fsp3) is 0. The van der Waals surface area contributed by atoms with Crippen molar-refractivity contribution in [2.45, 2.75) is 0 Å². The summed E-state index contributed by atoms with van der Waals surface area (Å²) in [5, 5.41) is 8.94. The van der Waals surface area contributed by atoms with Crippen molar-refractivity contribution in [1.82, 2.24) is 15.0 Å². The largest absolute Gasteiger partial charge is 0.456 e. The van der Waals surface area contributed by atoms with Gasteiger partial charge in [0.25, 0.3) is 0 Å². The number of hydrogen-bond donors (Lipinski definition) is 0. The van der Waals surface area contributed by atoms with Crippen molar-refractivity contribution >= 4 is 54.3 Å². The molecular formula is C51H31N3O. The van der Waals surface area contributed by atoms with E-state index in [1.165, 1.54) is 27.3 Å². The molecule has 0 N–H and O–H groups in total. The van der Waals surface area contributed by atoms with Crippen LogP contribution in [0.5, 0.6) is 0 Å². The number of nitrogens with zero attached hydrogens (tertiary/aromatic N) is 3. The second-order valence-corrected chi connectivity index (χ2v) is 14.0. The van der Waals surface area contributed by atoms with Gasteiger partial charge in [-0.3, -0.25) is 0 Å². The topological polar surface area (TPSA) is 51.8 Å². The van der Waals surface area contributed by atoms with Gasteiger partial charge in [0, 0.05) is 27.5 Å². The Hall–Kier alpha value is -7.43. The minimum atomic E-state index is 0.589. The molecule has 256 valence electrons. The van der Waals surface area contributed by atoms with Gasteiger partial charge in [0.05, 0.1) is 0 Å². The monoisotopic (exact) mass is 701 g/mol. The van der Waals surface area contributed by atoms with Gasteiger partial charge in [0.15, 0.2) is 17.5 Å². The Morgan fingerprint density at radius 1 is 0.291 bits per heavy atom. The SMILES string of the molecule is c1ccc(-c2ccc3ccc(-c4cc(-c5nc(-c6ccccc6)nc(-c6cc7ccccc7c7ccccc67)n5)c5c(c4)oc4ccccc45)cc3c2)cc1. The third kappa shape index (κ3) is 5.34. The molecule has 0 atom stereocenters. The summed E-state index contributed by atoms with van der Waals surface area (Å²) in [6.45, 7) is 0. The molecule has 11 rings (SSSR count). The molecule has 0 amide bonds. The van der Waals surface area contributed by atoms with Crippen LogP contribution in [0, 0.1) is 0 Å². The van der Waals surface area contributed by atoms with Crippen LogP contribution in [0.15, 0.2) is 192 Å². The van der Waals surface area contributed by atoms with E-state index in [4.69, 9.17) is 19.4 Å². The Morgan fingerprint density at radius 2 is 0.873 bits per heavy atom. The van der Waals surface area contributed by atoms with Gasteiger partial charge >= 0.3 is 0 Å². The second kappa shape index (κ2) is 12.6. The summed E-state index contributed by atoms with van der Waals surface area (Å²) in [5.41, 5.74) is 8.86. The number of para-hydroxylation sites is 1. The molecule has 9 aromatic carbocycles. The van der Waals surface area contributed by atoms with Crippen molar-refractivity contribution in [3.05, 3.63) is 188 Å². The average Bonchev–Trinajstić information content (AvgIpc) is 3.64. The number of benzene rings is 9. The van der Waals surface area contributed by atoms with Crippen molar-refractivity contribution in [2.24, 2.45) is 0 Å². The molecule has 0 unspecified atom stereocenters. The lowest BCUT2D eigenvalue weighted by Gasteiger charge is -2.13. The molecule has 2 heterocycles. The lowest BCUT2D eigenvalue weighted by Crippen LogP contribution is -2.01. The normalized spacial score (nSPS) is 11.6. The zero-order valence-electron chi connectivity index (χ0n) is 29.6. The first-order chi connectivity index (χ1) is 27.2. The van der Waals surface area contributed by atoms with Crippen molar-refractivity contribution in [3.63, 3.8) is 0 Å². The number of hydrogen-bond acceptors (Lipinski definition) is 4. The zero-order valence-corrected chi connectivity index (χ0v) is 29.6. The minimum Gasteiger partial charge on any atom is -0.456 e. The molecule has 55 heavy (non-hydrogen) atoms. The first-order valence-corrected chi connectivity index (χ1v) is 18.5. The van der Waals surface area contributed by atoms with E-state index >= 15 is 0 Å². The van der Waals surface area contributed by atoms with Gasteiger partial charge < -0.3 is 4.42 Å². The number of rotatable bonds is 5. The summed E-state index contributed by atoms with van der Waals surface area (Å²) in [6, 6.07) is 65.8. The summed E-state index contributed by atoms with van der Waals surface area (Å²) in [6.07, 6.45) is 0. The maximum atomic E-state index is 6.61. The Kier molecular flexibility index (Phi) is 7.14. The molecule has 4 nitrogen and oxygen atoms in total. The fourth-order valence-electron chi connectivity index (χ4n) is 8.01. The lowest BCUT2D eigenvalue weighted by atomic mass is 9.95. The average molecular weight is 702 g/mol. The molecule has 0 aliphatic rings. The highest BCUT2D eigenvalue weighted by Gasteiger charge is 2.21. The highest BCUT2D eigenvalue weighted by atomic mass is 16.3. The molecule has 0 spiro atoms. The van der Waals surface area contributed by atoms with Gasteiger partial charge in [-0.25, -0.2) is 15.0 Å². The standard InChI is InChI=1S/C51H31N3O/c1-3-13-32(14-4-1)35-25-23-33-24-26-36(28-38(33)27-35)39-30-45(48-43-21-11-12-22-46(43)55-47(48)31-39)51-53-49(34-15-5-2-6-16-34)52-50(54-51)44-29-37-17-7-8-18-40(37)41-19-9-10-20-42(41)44/h1-31H. The van der Waals surface area contributed by atoms with Gasteiger partial charge in [-0.05, 0) is 91.0 Å². The van der Waals surface area contributed by atoms with E-state index in [1.807, 2.05) is 30.3 Å². The third-order valence-corrected chi connectivity index (χ3v) is 10.7. The number of fused-ring (bicyclic) bond motifs is 7. The maximum absolute atomic E-state index is 6.61. The van der Waals surface area contributed by atoms with E-state index in [2.05, 4.69) is 158 Å². The second-order valence-electron chi connectivity index (χ2n) is 14.0. The predicted molar refractivity (Wildman–Crippen MR) is 227 cm³/mol. The lowest BCUT2D eigenvalue weighted by molar-refractivity contribution is 0.669. The molecule has 0 saturated carbocycles. The van der Waals surface area contributed by atoms with Crippen LogP contribution in [0.4, 0.5) is 0 Å². The molecule has 0 fully saturated rings. The molecule has 11 aromatic rings. The highest BCUT2D eigenvalue weighted by Crippen LogP contribution is 2.41. The van der Waals surface area contributed by atoms with Crippen LogP contribution in [0.25, 0.3) is 111 Å². The van der Waals surface area contributed by atoms with E-state index in [0.717, 1.165) is 65.9 Å². The Labute approximate surface area is 317 Å². The fourth-order valence-corrected chi connectivity index (χ4v) is 8.01. The van der Waals surface area contributed by atoms with Crippen molar-refractivity contribution < 1.29 is 4.42 Å². The summed E-state index contributed by atoms with van der Waals surface area (Å²) in [4.78, 5) is 15.8. The van der Waals surface area contributed by atoms with Crippen LogP contribution >= 0.6 is 0 Å². The molecule has 0 radical (unpaired) electrons. The molecule has 0 aliphatic carbocycles. The molecule has 4 heteroatoms. The molecular weight excluding hydrogens is 671 g/mol. The smallest absolute Gasteiger partial charge is 0.164 e. The van der Waals surface area contributed by atoms with E-state index in [0.29, 0.717) is 17.5 Å². The first-order valence-electron chi connectivity index (χ1n) is 18.5. The quantitative estimate of drug-likeness (QED) is 0.168. The van der Waals surface area contributed by atoms with E-state index < -0.39 is 0 Å². The van der Waals surface area contributed by atoms with Crippen LogP contribution in [0.1, 0.15) is 0 Å². The zero-order chi connectivity index (χ0) is 36.3. The summed E-state index contributed by atoms with van der Waals surface area (Å²) in [7, 11) is 0. The summed E-state index contributed by atoms with van der Waals surface area (Å²) >= 11 is 0. The van der Waals surface area contributed by atoms with Crippen LogP contribution in [0.2, 0.25) is 0 Å². The number of aromatic nitrogens is 3. The predicted octanol–water partition coefficient (Wildman–Crippen LogP) is 13.6. The molecule has 0 aliphatic heterocycles. The highest BCUT2D eigenvalue weighted by molar-refractivity contribution is 6.15. The number of furan rings is 1. The van der Waals surface area contributed by atoms with E-state index in [-0.39, 0.29) is 0 Å². The van der Waals surface area contributed by atoms with Crippen LogP contribution in [-0.4, -0.2) is 15.0 Å². The minimum absolute atomic E-state index is 0.589. The molecule has 0 saturated heterocycles. The van der Waals surface area contributed by atoms with Crippen molar-refractivity contribution in [1.29, 1.82) is 0 Å². The van der Waals surface area contributed by atoms with Gasteiger partial charge in [0.2, 0.25) is 0 Å². The van der Waals surface area contributed by atoms with E-state index in [1.54, 1.807) is 0 Å². The van der Waals surface area contributed by atoms with Gasteiger partial charge in [-0.15, -0.1) is 0 Å². The molecule has 2 aromatic heterocycles. The van der Waals surface area contributed by atoms with Gasteiger partial charge in [0.1, 0.15) is 11.2 Å².